The molecule has 12 heteroatoms. The molecule has 1 saturated carbocycles. The molecule has 2 aliphatic heterocycles. The van der Waals surface area contributed by atoms with E-state index in [0.717, 1.165) is 0 Å². The van der Waals surface area contributed by atoms with E-state index in [9.17, 15) is 0 Å². The first-order valence-corrected chi connectivity index (χ1v) is 9.12. The molecule has 0 spiro atoms. The van der Waals surface area contributed by atoms with E-state index in [1.165, 1.54) is 25.7 Å². The summed E-state index contributed by atoms with van der Waals surface area (Å²) in [6, 6.07) is 0. The van der Waals surface area contributed by atoms with Crippen molar-refractivity contribution >= 4 is 0 Å². The van der Waals surface area contributed by atoms with Crippen LogP contribution in [0, 0.1) is 0 Å². The molecule has 168 valence electrons. The standard InChI is InChI=1S/2C6H12O6.C4H8/c2*7-1-2-3(8)4(9)5(10)6(11)12-2;1-2-4-3-1/h2*2-11H,1H2;1-4H2/t2?,3-,4?,5-,6+;2?,3-,4+,5?,6+;/m01./s1. The van der Waals surface area contributed by atoms with Gasteiger partial charge in [0.05, 0.1) is 13.2 Å². The van der Waals surface area contributed by atoms with Crippen LogP contribution >= 0.6 is 0 Å². The molecule has 10 N–H and O–H groups in total. The highest BCUT2D eigenvalue weighted by Gasteiger charge is 2.43. The Morgan fingerprint density at radius 3 is 0.964 bits per heavy atom. The Labute approximate surface area is 161 Å². The van der Waals surface area contributed by atoms with Crippen LogP contribution in [0.2, 0.25) is 0 Å². The summed E-state index contributed by atoms with van der Waals surface area (Å²) in [5, 5.41) is 89.3. The molecule has 28 heavy (non-hydrogen) atoms. The van der Waals surface area contributed by atoms with E-state index in [1.807, 2.05) is 0 Å². The first-order chi connectivity index (χ1) is 13.1. The van der Waals surface area contributed by atoms with Crippen LogP contribution in [0.5, 0.6) is 0 Å². The zero-order valence-corrected chi connectivity index (χ0v) is 15.3. The third kappa shape index (κ3) is 6.79. The molecule has 3 rings (SSSR count). The van der Waals surface area contributed by atoms with Crippen molar-refractivity contribution in [2.45, 2.75) is 87.1 Å². The highest BCUT2D eigenvalue weighted by molar-refractivity contribution is 4.88. The van der Waals surface area contributed by atoms with Gasteiger partial charge in [-0.15, -0.1) is 0 Å². The van der Waals surface area contributed by atoms with Gasteiger partial charge in [-0.25, -0.2) is 0 Å². The normalized spacial score (nSPS) is 45.6. The average molecular weight is 416 g/mol. The second-order valence-electron chi connectivity index (χ2n) is 6.85. The van der Waals surface area contributed by atoms with Gasteiger partial charge in [0.15, 0.2) is 12.6 Å². The van der Waals surface area contributed by atoms with Gasteiger partial charge < -0.3 is 60.5 Å². The molecule has 12 nitrogen and oxygen atoms in total. The molecule has 0 bridgehead atoms. The van der Waals surface area contributed by atoms with E-state index in [1.54, 1.807) is 0 Å². The van der Waals surface area contributed by atoms with E-state index >= 15 is 0 Å². The lowest BCUT2D eigenvalue weighted by atomic mass is 10.00. The Morgan fingerprint density at radius 2 is 0.750 bits per heavy atom. The maximum Gasteiger partial charge on any atom is 0.184 e. The topological polar surface area (TPSA) is 221 Å². The summed E-state index contributed by atoms with van der Waals surface area (Å²) in [4.78, 5) is 0. The van der Waals surface area contributed by atoms with Gasteiger partial charge in [-0.3, -0.25) is 0 Å². The first kappa shape index (κ1) is 25.6. The fraction of sp³-hybridized carbons (Fsp3) is 1.00. The minimum atomic E-state index is -1.57. The Morgan fingerprint density at radius 1 is 0.464 bits per heavy atom. The maximum atomic E-state index is 9.12. The van der Waals surface area contributed by atoms with Crippen LogP contribution in [-0.2, 0) is 9.47 Å². The minimum absolute atomic E-state index is 0.526. The van der Waals surface area contributed by atoms with Gasteiger partial charge in [-0.1, -0.05) is 25.7 Å². The molecular formula is C16H32O12. The molecule has 4 unspecified atom stereocenters. The lowest BCUT2D eigenvalue weighted by Crippen LogP contribution is -2.58. The predicted molar refractivity (Wildman–Crippen MR) is 90.4 cm³/mol. The monoisotopic (exact) mass is 416 g/mol. The molecule has 0 radical (unpaired) electrons. The van der Waals surface area contributed by atoms with Crippen molar-refractivity contribution in [2.75, 3.05) is 13.2 Å². The van der Waals surface area contributed by atoms with E-state index in [2.05, 4.69) is 9.47 Å². The SMILES string of the molecule is C1CCC1.OCC1O[C@@H](O)[C@@H](O)C(O)[C@H]1O.OCC1O[C@H](O)C(O)[C@@H](O)[C@@H]1O. The zero-order valence-electron chi connectivity index (χ0n) is 15.3. The Bertz CT molecular complexity index is 375. The number of ether oxygens (including phenoxy) is 2. The van der Waals surface area contributed by atoms with Crippen molar-refractivity contribution in [3.8, 4) is 0 Å². The number of aliphatic hydroxyl groups is 10. The van der Waals surface area contributed by atoms with Crippen molar-refractivity contribution in [2.24, 2.45) is 0 Å². The summed E-state index contributed by atoms with van der Waals surface area (Å²) >= 11 is 0. The van der Waals surface area contributed by atoms with Crippen LogP contribution < -0.4 is 0 Å². The molecule has 0 aromatic carbocycles. The number of hydrogen-bond donors (Lipinski definition) is 10. The molecular weight excluding hydrogens is 384 g/mol. The molecule has 2 heterocycles. The largest absolute Gasteiger partial charge is 0.394 e. The lowest BCUT2D eigenvalue weighted by molar-refractivity contribution is -0.286. The van der Waals surface area contributed by atoms with Gasteiger partial charge in [-0.2, -0.15) is 0 Å². The van der Waals surface area contributed by atoms with Crippen molar-refractivity contribution in [1.82, 2.24) is 0 Å². The summed E-state index contributed by atoms with van der Waals surface area (Å²) in [6.07, 6.45) is -8.08. The first-order valence-electron chi connectivity index (χ1n) is 9.12. The van der Waals surface area contributed by atoms with Crippen molar-refractivity contribution < 1.29 is 60.5 Å². The van der Waals surface area contributed by atoms with E-state index < -0.39 is 74.6 Å². The smallest absolute Gasteiger partial charge is 0.184 e. The zero-order chi connectivity index (χ0) is 21.4. The van der Waals surface area contributed by atoms with Crippen LogP contribution in [0.25, 0.3) is 0 Å². The van der Waals surface area contributed by atoms with Gasteiger partial charge in [0.1, 0.15) is 48.8 Å². The van der Waals surface area contributed by atoms with Crippen molar-refractivity contribution in [3.63, 3.8) is 0 Å². The van der Waals surface area contributed by atoms with Gasteiger partial charge in [0.2, 0.25) is 0 Å². The maximum absolute atomic E-state index is 9.12. The van der Waals surface area contributed by atoms with Crippen LogP contribution in [0.1, 0.15) is 25.7 Å². The quantitative estimate of drug-likeness (QED) is 0.205. The lowest BCUT2D eigenvalue weighted by Gasteiger charge is -2.37. The minimum Gasteiger partial charge on any atom is -0.394 e. The van der Waals surface area contributed by atoms with Gasteiger partial charge in [0.25, 0.3) is 0 Å². The summed E-state index contributed by atoms with van der Waals surface area (Å²) < 4.78 is 9.15. The Hall–Kier alpha value is -0.480. The van der Waals surface area contributed by atoms with Gasteiger partial charge in [-0.05, 0) is 0 Å². The third-order valence-electron chi connectivity index (χ3n) is 4.73. The predicted octanol–water partition coefficient (Wildman–Crippen LogP) is -4.88. The summed E-state index contributed by atoms with van der Waals surface area (Å²) in [5.41, 5.74) is 0. The summed E-state index contributed by atoms with van der Waals surface area (Å²) in [7, 11) is 0. The molecule has 1 aliphatic carbocycles. The van der Waals surface area contributed by atoms with Crippen LogP contribution in [0.3, 0.4) is 0 Å². The fourth-order valence-electron chi connectivity index (χ4n) is 2.41. The second kappa shape index (κ2) is 12.3. The second-order valence-corrected chi connectivity index (χ2v) is 6.85. The summed E-state index contributed by atoms with van der Waals surface area (Å²) in [5.74, 6) is 0. The number of hydrogen-bond acceptors (Lipinski definition) is 12. The van der Waals surface area contributed by atoms with Crippen molar-refractivity contribution in [3.05, 3.63) is 0 Å². The van der Waals surface area contributed by atoms with Crippen molar-refractivity contribution in [1.29, 1.82) is 0 Å². The molecule has 0 aromatic rings. The average Bonchev–Trinajstić information content (AvgIpc) is 2.63. The molecule has 3 fully saturated rings. The number of rotatable bonds is 2. The Kier molecular flexibility index (Phi) is 11.2. The van der Waals surface area contributed by atoms with Crippen LogP contribution in [0.15, 0.2) is 0 Å². The summed E-state index contributed by atoms with van der Waals surface area (Å²) in [6.45, 7) is -1.05. The Balaban J connectivity index is 0.000000233. The highest BCUT2D eigenvalue weighted by atomic mass is 16.6. The van der Waals surface area contributed by atoms with E-state index in [4.69, 9.17) is 51.1 Å². The molecule has 3 aliphatic rings. The molecule has 10 atom stereocenters. The van der Waals surface area contributed by atoms with Crippen LogP contribution in [-0.4, -0.2) is 126 Å². The van der Waals surface area contributed by atoms with Gasteiger partial charge in [0, 0.05) is 0 Å². The van der Waals surface area contributed by atoms with E-state index in [0.29, 0.717) is 0 Å². The molecule has 2 saturated heterocycles. The van der Waals surface area contributed by atoms with E-state index in [-0.39, 0.29) is 0 Å². The molecule has 0 amide bonds. The molecule has 0 aromatic heterocycles. The highest BCUT2D eigenvalue weighted by Crippen LogP contribution is 2.20. The van der Waals surface area contributed by atoms with Crippen LogP contribution in [0.4, 0.5) is 0 Å². The fourth-order valence-corrected chi connectivity index (χ4v) is 2.41. The van der Waals surface area contributed by atoms with Gasteiger partial charge >= 0.3 is 0 Å². The third-order valence-corrected chi connectivity index (χ3v) is 4.73. The number of aliphatic hydroxyl groups excluding tert-OH is 10.